The van der Waals surface area contributed by atoms with Gasteiger partial charge in [0, 0.05) is 24.4 Å². The Bertz CT molecular complexity index is 424. The van der Waals surface area contributed by atoms with Crippen LogP contribution in [0, 0.1) is 0 Å². The molecular weight excluding hydrogens is 316 g/mol. The van der Waals surface area contributed by atoms with Gasteiger partial charge in [0.25, 0.3) is 0 Å². The van der Waals surface area contributed by atoms with Crippen LogP contribution >= 0.6 is 0 Å². The zero-order valence-electron chi connectivity index (χ0n) is 18.3. The van der Waals surface area contributed by atoms with Crippen molar-refractivity contribution in [1.29, 1.82) is 0 Å². The lowest BCUT2D eigenvalue weighted by Gasteiger charge is -2.20. The van der Waals surface area contributed by atoms with Gasteiger partial charge in [0.2, 0.25) is 0 Å². The minimum Gasteiger partial charge on any atom is -0.332 e. The summed E-state index contributed by atoms with van der Waals surface area (Å²) >= 11 is 0. The largest absolute Gasteiger partial charge is 0.332 e. The molecule has 0 amide bonds. The maximum Gasteiger partial charge on any atom is 0.111 e. The summed E-state index contributed by atoms with van der Waals surface area (Å²) in [5.41, 5.74) is 0. The van der Waals surface area contributed by atoms with E-state index in [1.165, 1.54) is 102 Å². The first-order valence-corrected chi connectivity index (χ1v) is 11.7. The Kier molecular flexibility index (Phi) is 13.7. The van der Waals surface area contributed by atoms with Crippen molar-refractivity contribution >= 4 is 0 Å². The first-order chi connectivity index (χ1) is 12.7. The molecule has 0 radical (unpaired) electrons. The lowest BCUT2D eigenvalue weighted by molar-refractivity contribution is 0.437. The maximum absolute atomic E-state index is 4.71. The third kappa shape index (κ3) is 9.78. The predicted octanol–water partition coefficient (Wildman–Crippen LogP) is 8.44. The van der Waals surface area contributed by atoms with Crippen molar-refractivity contribution in [2.24, 2.45) is 0 Å². The van der Waals surface area contributed by atoms with Crippen LogP contribution in [0.2, 0.25) is 0 Å². The van der Waals surface area contributed by atoms with E-state index < -0.39 is 0 Å². The van der Waals surface area contributed by atoms with Gasteiger partial charge in [-0.2, -0.15) is 0 Å². The molecule has 0 aliphatic carbocycles. The van der Waals surface area contributed by atoms with E-state index in [-0.39, 0.29) is 0 Å². The minimum atomic E-state index is 0.590. The van der Waals surface area contributed by atoms with Gasteiger partial charge >= 0.3 is 0 Å². The average molecular weight is 363 g/mol. The summed E-state index contributed by atoms with van der Waals surface area (Å²) < 4.78 is 2.45. The number of hydrogen-bond donors (Lipinski definition) is 0. The first-order valence-electron chi connectivity index (χ1n) is 11.7. The normalized spacial score (nSPS) is 13.8. The van der Waals surface area contributed by atoms with Gasteiger partial charge in [0.05, 0.1) is 0 Å². The van der Waals surface area contributed by atoms with E-state index in [1.807, 2.05) is 6.20 Å². The van der Waals surface area contributed by atoms with E-state index >= 15 is 0 Å². The van der Waals surface area contributed by atoms with Gasteiger partial charge < -0.3 is 4.57 Å². The number of unbranched alkanes of at least 4 members (excludes halogenated alkanes) is 11. The number of imidazole rings is 1. The Balaban J connectivity index is 2.23. The Morgan fingerprint density at radius 3 is 1.81 bits per heavy atom. The van der Waals surface area contributed by atoms with Crippen LogP contribution < -0.4 is 0 Å². The molecule has 26 heavy (non-hydrogen) atoms. The fourth-order valence-corrected chi connectivity index (χ4v) is 3.97. The molecule has 0 aromatic carbocycles. The summed E-state index contributed by atoms with van der Waals surface area (Å²) in [6.45, 7) is 9.31. The van der Waals surface area contributed by atoms with Crippen LogP contribution in [0.5, 0.6) is 0 Å². The van der Waals surface area contributed by atoms with E-state index in [0.717, 1.165) is 0 Å². The number of hydrogen-bond acceptors (Lipinski definition) is 1. The molecule has 2 nitrogen and oxygen atoms in total. The van der Waals surface area contributed by atoms with E-state index in [9.17, 15) is 0 Å². The highest BCUT2D eigenvalue weighted by Crippen LogP contribution is 2.25. The molecule has 1 aromatic rings. The maximum atomic E-state index is 4.71. The van der Waals surface area contributed by atoms with E-state index in [1.54, 1.807) is 0 Å². The second-order valence-corrected chi connectivity index (χ2v) is 8.41. The van der Waals surface area contributed by atoms with Crippen molar-refractivity contribution in [2.45, 2.75) is 136 Å². The van der Waals surface area contributed by atoms with Gasteiger partial charge in [0.1, 0.15) is 5.82 Å². The summed E-state index contributed by atoms with van der Waals surface area (Å²) in [4.78, 5) is 4.71. The summed E-state index contributed by atoms with van der Waals surface area (Å²) in [6, 6.07) is 0.593. The molecule has 152 valence electrons. The predicted molar refractivity (Wildman–Crippen MR) is 116 cm³/mol. The van der Waals surface area contributed by atoms with Crippen molar-refractivity contribution in [3.8, 4) is 0 Å². The molecule has 2 unspecified atom stereocenters. The quantitative estimate of drug-likeness (QED) is 0.254. The molecule has 1 rings (SSSR count). The van der Waals surface area contributed by atoms with E-state index in [4.69, 9.17) is 4.98 Å². The molecule has 0 aliphatic rings. The summed E-state index contributed by atoms with van der Waals surface area (Å²) in [7, 11) is 0. The SMILES string of the molecule is CCCCCCCCCCC(C)c1nccn1C(C)CCCCCCC. The Morgan fingerprint density at radius 1 is 0.731 bits per heavy atom. The Morgan fingerprint density at radius 2 is 1.23 bits per heavy atom. The molecule has 0 bridgehead atoms. The molecule has 0 saturated carbocycles. The van der Waals surface area contributed by atoms with Crippen LogP contribution in [0.15, 0.2) is 12.4 Å². The third-order valence-electron chi connectivity index (χ3n) is 5.83. The Labute approximate surface area is 164 Å². The standard InChI is InChI=1S/C24H46N2/c1-5-7-9-11-12-13-15-16-18-22(3)24-25-20-21-26(24)23(4)19-17-14-10-8-6-2/h20-23H,5-19H2,1-4H3. The molecule has 0 spiro atoms. The second kappa shape index (κ2) is 15.3. The zero-order valence-corrected chi connectivity index (χ0v) is 18.3. The van der Waals surface area contributed by atoms with Gasteiger partial charge in [-0.3, -0.25) is 0 Å². The van der Waals surface area contributed by atoms with Crippen molar-refractivity contribution in [3.63, 3.8) is 0 Å². The fourth-order valence-electron chi connectivity index (χ4n) is 3.97. The van der Waals surface area contributed by atoms with Crippen LogP contribution in [0.3, 0.4) is 0 Å². The molecule has 1 heterocycles. The fraction of sp³-hybridized carbons (Fsp3) is 0.875. The van der Waals surface area contributed by atoms with Crippen molar-refractivity contribution in [2.75, 3.05) is 0 Å². The zero-order chi connectivity index (χ0) is 19.0. The lowest BCUT2D eigenvalue weighted by Crippen LogP contribution is -2.11. The van der Waals surface area contributed by atoms with Crippen LogP contribution in [0.1, 0.15) is 142 Å². The van der Waals surface area contributed by atoms with Crippen molar-refractivity contribution < 1.29 is 0 Å². The second-order valence-electron chi connectivity index (χ2n) is 8.41. The van der Waals surface area contributed by atoms with Crippen LogP contribution in [0.25, 0.3) is 0 Å². The highest BCUT2D eigenvalue weighted by atomic mass is 15.1. The van der Waals surface area contributed by atoms with Crippen LogP contribution in [-0.2, 0) is 0 Å². The van der Waals surface area contributed by atoms with Crippen LogP contribution in [-0.4, -0.2) is 9.55 Å². The highest BCUT2D eigenvalue weighted by Gasteiger charge is 2.15. The smallest absolute Gasteiger partial charge is 0.111 e. The average Bonchev–Trinajstić information content (AvgIpc) is 3.13. The van der Waals surface area contributed by atoms with E-state index in [0.29, 0.717) is 12.0 Å². The molecule has 2 atom stereocenters. The third-order valence-corrected chi connectivity index (χ3v) is 5.83. The highest BCUT2D eigenvalue weighted by molar-refractivity contribution is 5.00. The molecule has 0 N–H and O–H groups in total. The summed E-state index contributed by atoms with van der Waals surface area (Å²) in [5.74, 6) is 1.90. The van der Waals surface area contributed by atoms with Gasteiger partial charge in [0.15, 0.2) is 0 Å². The monoisotopic (exact) mass is 362 g/mol. The van der Waals surface area contributed by atoms with Crippen LogP contribution in [0.4, 0.5) is 0 Å². The number of nitrogens with zero attached hydrogens (tertiary/aromatic N) is 2. The molecular formula is C24H46N2. The lowest BCUT2D eigenvalue weighted by atomic mass is 10.00. The van der Waals surface area contributed by atoms with Gasteiger partial charge in [-0.15, -0.1) is 0 Å². The minimum absolute atomic E-state index is 0.590. The molecule has 0 saturated heterocycles. The summed E-state index contributed by atoms with van der Waals surface area (Å²) in [6.07, 6.45) is 24.9. The van der Waals surface area contributed by atoms with Gasteiger partial charge in [-0.25, -0.2) is 4.98 Å². The van der Waals surface area contributed by atoms with E-state index in [2.05, 4.69) is 38.5 Å². The molecule has 0 fully saturated rings. The van der Waals surface area contributed by atoms with Gasteiger partial charge in [-0.1, -0.05) is 104 Å². The number of aromatic nitrogens is 2. The first kappa shape index (κ1) is 23.2. The Hall–Kier alpha value is -0.790. The summed E-state index contributed by atoms with van der Waals surface area (Å²) in [5, 5.41) is 0. The van der Waals surface area contributed by atoms with Crippen molar-refractivity contribution in [1.82, 2.24) is 9.55 Å². The molecule has 0 aliphatic heterocycles. The topological polar surface area (TPSA) is 17.8 Å². The van der Waals surface area contributed by atoms with Gasteiger partial charge in [-0.05, 0) is 19.8 Å². The van der Waals surface area contributed by atoms with Crippen molar-refractivity contribution in [3.05, 3.63) is 18.2 Å². The number of rotatable bonds is 17. The molecule has 1 aromatic heterocycles. The molecule has 2 heteroatoms.